The Morgan fingerprint density at radius 3 is 2.81 bits per heavy atom. The lowest BCUT2D eigenvalue weighted by Crippen LogP contribution is -2.48. The quantitative estimate of drug-likeness (QED) is 0.853. The highest BCUT2D eigenvalue weighted by molar-refractivity contribution is 7.18. The van der Waals surface area contributed by atoms with Crippen LogP contribution in [-0.2, 0) is 0 Å². The van der Waals surface area contributed by atoms with Crippen molar-refractivity contribution in [3.8, 4) is 0 Å². The number of rotatable bonds is 2. The SMILES string of the molecule is Cc1sc2ncnc(N(C)C3CCN(C)CC3C)c2c1C. The van der Waals surface area contributed by atoms with Crippen LogP contribution in [0.1, 0.15) is 23.8 Å². The minimum atomic E-state index is 0.555. The Hall–Kier alpha value is -1.20. The van der Waals surface area contributed by atoms with E-state index < -0.39 is 0 Å². The number of hydrogen-bond acceptors (Lipinski definition) is 5. The van der Waals surface area contributed by atoms with Crippen molar-refractivity contribution in [3.63, 3.8) is 0 Å². The van der Waals surface area contributed by atoms with Gasteiger partial charge in [0, 0.05) is 24.5 Å². The monoisotopic (exact) mass is 304 g/mol. The normalized spacial score (nSPS) is 23.7. The predicted octanol–water partition coefficient (Wildman–Crippen LogP) is 3.08. The fourth-order valence-corrected chi connectivity index (χ4v) is 4.50. The summed E-state index contributed by atoms with van der Waals surface area (Å²) in [5, 5.41) is 1.24. The lowest BCUT2D eigenvalue weighted by molar-refractivity contribution is 0.193. The second-order valence-corrected chi connectivity index (χ2v) is 7.57. The molecule has 114 valence electrons. The summed E-state index contributed by atoms with van der Waals surface area (Å²) in [5.41, 5.74) is 1.33. The van der Waals surface area contributed by atoms with Gasteiger partial charge in [0.05, 0.1) is 5.39 Å². The average molecular weight is 304 g/mol. The zero-order valence-corrected chi connectivity index (χ0v) is 14.4. The van der Waals surface area contributed by atoms with Gasteiger partial charge >= 0.3 is 0 Å². The van der Waals surface area contributed by atoms with Gasteiger partial charge in [-0.25, -0.2) is 9.97 Å². The lowest BCUT2D eigenvalue weighted by Gasteiger charge is -2.40. The van der Waals surface area contributed by atoms with E-state index in [9.17, 15) is 0 Å². The summed E-state index contributed by atoms with van der Waals surface area (Å²) in [7, 11) is 4.41. The van der Waals surface area contributed by atoms with Crippen molar-refractivity contribution in [2.24, 2.45) is 5.92 Å². The molecule has 0 amide bonds. The summed E-state index contributed by atoms with van der Waals surface area (Å²) in [6.45, 7) is 9.03. The second-order valence-electron chi connectivity index (χ2n) is 6.37. The fraction of sp³-hybridized carbons (Fsp3) is 0.625. The molecule has 5 heteroatoms. The van der Waals surface area contributed by atoms with E-state index in [1.165, 1.54) is 22.2 Å². The Morgan fingerprint density at radius 1 is 1.33 bits per heavy atom. The van der Waals surface area contributed by atoms with Crippen molar-refractivity contribution in [1.82, 2.24) is 14.9 Å². The van der Waals surface area contributed by atoms with Crippen LogP contribution in [0.5, 0.6) is 0 Å². The van der Waals surface area contributed by atoms with Crippen molar-refractivity contribution >= 4 is 27.4 Å². The summed E-state index contributed by atoms with van der Waals surface area (Å²) < 4.78 is 0. The molecular formula is C16H24N4S. The first-order chi connectivity index (χ1) is 9.99. The molecule has 21 heavy (non-hydrogen) atoms. The van der Waals surface area contributed by atoms with Crippen molar-refractivity contribution in [2.45, 2.75) is 33.2 Å². The van der Waals surface area contributed by atoms with E-state index in [-0.39, 0.29) is 0 Å². The minimum Gasteiger partial charge on any atom is -0.356 e. The van der Waals surface area contributed by atoms with Crippen LogP contribution < -0.4 is 4.90 Å². The molecule has 0 spiro atoms. The third-order valence-electron chi connectivity index (χ3n) is 4.84. The smallest absolute Gasteiger partial charge is 0.141 e. The molecule has 2 aromatic heterocycles. The van der Waals surface area contributed by atoms with E-state index in [4.69, 9.17) is 0 Å². The maximum absolute atomic E-state index is 4.62. The number of aromatic nitrogens is 2. The highest BCUT2D eigenvalue weighted by Gasteiger charge is 2.29. The number of hydrogen-bond donors (Lipinski definition) is 0. The summed E-state index contributed by atoms with van der Waals surface area (Å²) in [6, 6.07) is 0.555. The van der Waals surface area contributed by atoms with E-state index in [0.29, 0.717) is 12.0 Å². The van der Waals surface area contributed by atoms with Crippen LogP contribution in [0.3, 0.4) is 0 Å². The Bertz CT molecular complexity index is 651. The molecule has 0 radical (unpaired) electrons. The molecule has 1 aliphatic rings. The molecule has 2 atom stereocenters. The van der Waals surface area contributed by atoms with Crippen molar-refractivity contribution in [3.05, 3.63) is 16.8 Å². The highest BCUT2D eigenvalue weighted by Crippen LogP contribution is 2.35. The first-order valence-corrected chi connectivity index (χ1v) is 8.42. The zero-order chi connectivity index (χ0) is 15.1. The summed E-state index contributed by atoms with van der Waals surface area (Å²) in [4.78, 5) is 16.3. The molecule has 2 unspecified atom stereocenters. The maximum atomic E-state index is 4.62. The maximum Gasteiger partial charge on any atom is 0.141 e. The van der Waals surface area contributed by atoms with Gasteiger partial charge in [-0.1, -0.05) is 6.92 Å². The van der Waals surface area contributed by atoms with Crippen LogP contribution >= 0.6 is 11.3 Å². The third-order valence-corrected chi connectivity index (χ3v) is 5.96. The summed E-state index contributed by atoms with van der Waals surface area (Å²) in [5.74, 6) is 1.75. The molecular weight excluding hydrogens is 280 g/mol. The van der Waals surface area contributed by atoms with E-state index in [0.717, 1.165) is 23.7 Å². The molecule has 1 aliphatic heterocycles. The summed E-state index contributed by atoms with van der Waals surface area (Å²) >= 11 is 1.77. The van der Waals surface area contributed by atoms with Crippen LogP contribution in [0, 0.1) is 19.8 Å². The first-order valence-electron chi connectivity index (χ1n) is 7.61. The van der Waals surface area contributed by atoms with Gasteiger partial charge in [-0.2, -0.15) is 0 Å². The Morgan fingerprint density at radius 2 is 2.10 bits per heavy atom. The topological polar surface area (TPSA) is 32.3 Å². The molecule has 0 N–H and O–H groups in total. The summed E-state index contributed by atoms with van der Waals surface area (Å²) in [6.07, 6.45) is 2.91. The van der Waals surface area contributed by atoms with Crippen LogP contribution in [-0.4, -0.2) is 48.1 Å². The number of thiophene rings is 1. The molecule has 0 saturated carbocycles. The fourth-order valence-electron chi connectivity index (χ4n) is 3.51. The van der Waals surface area contributed by atoms with Gasteiger partial charge < -0.3 is 9.80 Å². The Kier molecular flexibility index (Phi) is 3.88. The van der Waals surface area contributed by atoms with Crippen LogP contribution in [0.25, 0.3) is 10.2 Å². The standard InChI is InChI=1S/C16H24N4S/c1-10-8-19(4)7-6-13(10)20(5)15-14-11(2)12(3)21-16(14)18-9-17-15/h9-10,13H,6-8H2,1-5H3. The molecule has 3 rings (SSSR count). The molecule has 0 aromatic carbocycles. The molecule has 3 heterocycles. The first kappa shape index (κ1) is 14.7. The van der Waals surface area contributed by atoms with Gasteiger partial charge in [-0.15, -0.1) is 11.3 Å². The number of likely N-dealkylation sites (tertiary alicyclic amines) is 1. The number of aryl methyl sites for hydroxylation is 2. The van der Waals surface area contributed by atoms with Crippen molar-refractivity contribution in [2.75, 3.05) is 32.1 Å². The van der Waals surface area contributed by atoms with Gasteiger partial charge in [0.1, 0.15) is 17.0 Å². The molecule has 1 saturated heterocycles. The molecule has 4 nitrogen and oxygen atoms in total. The van der Waals surface area contributed by atoms with E-state index in [1.54, 1.807) is 17.7 Å². The van der Waals surface area contributed by atoms with Gasteiger partial charge in [-0.3, -0.25) is 0 Å². The largest absolute Gasteiger partial charge is 0.356 e. The lowest BCUT2D eigenvalue weighted by atomic mass is 9.93. The zero-order valence-electron chi connectivity index (χ0n) is 13.6. The van der Waals surface area contributed by atoms with Crippen molar-refractivity contribution < 1.29 is 0 Å². The predicted molar refractivity (Wildman–Crippen MR) is 90.4 cm³/mol. The number of nitrogens with zero attached hydrogens (tertiary/aromatic N) is 4. The van der Waals surface area contributed by atoms with Crippen molar-refractivity contribution in [1.29, 1.82) is 0 Å². The van der Waals surface area contributed by atoms with Crippen LogP contribution in [0.2, 0.25) is 0 Å². The number of anilines is 1. The second kappa shape index (κ2) is 5.54. The third kappa shape index (κ3) is 2.53. The molecule has 0 bridgehead atoms. The molecule has 2 aromatic rings. The Balaban J connectivity index is 2.00. The van der Waals surface area contributed by atoms with E-state index in [2.05, 4.69) is 54.6 Å². The van der Waals surface area contributed by atoms with Gasteiger partial charge in [0.2, 0.25) is 0 Å². The number of fused-ring (bicyclic) bond motifs is 1. The van der Waals surface area contributed by atoms with Gasteiger partial charge in [0.15, 0.2) is 0 Å². The van der Waals surface area contributed by atoms with Crippen LogP contribution in [0.15, 0.2) is 6.33 Å². The molecule has 1 fully saturated rings. The highest BCUT2D eigenvalue weighted by atomic mass is 32.1. The number of piperidine rings is 1. The van der Waals surface area contributed by atoms with Gasteiger partial charge in [-0.05, 0) is 45.3 Å². The van der Waals surface area contributed by atoms with Crippen LogP contribution in [0.4, 0.5) is 5.82 Å². The Labute approximate surface area is 130 Å². The van der Waals surface area contributed by atoms with E-state index >= 15 is 0 Å². The van der Waals surface area contributed by atoms with Gasteiger partial charge in [0.25, 0.3) is 0 Å². The average Bonchev–Trinajstić information content (AvgIpc) is 2.73. The molecule has 0 aliphatic carbocycles. The van der Waals surface area contributed by atoms with E-state index in [1.807, 2.05) is 0 Å². The minimum absolute atomic E-state index is 0.555.